The van der Waals surface area contributed by atoms with Gasteiger partial charge in [0.05, 0.1) is 0 Å². The zero-order chi connectivity index (χ0) is 12.0. The fraction of sp³-hybridized carbons (Fsp3) is 0.143. The summed E-state index contributed by atoms with van der Waals surface area (Å²) in [5.41, 5.74) is 2.10. The molecule has 2 heteroatoms. The van der Waals surface area contributed by atoms with Crippen molar-refractivity contribution in [2.45, 2.75) is 13.8 Å². The third-order valence-electron chi connectivity index (χ3n) is 2.33. The highest BCUT2D eigenvalue weighted by molar-refractivity contribution is 5.36. The second kappa shape index (κ2) is 5.81. The van der Waals surface area contributed by atoms with Crippen molar-refractivity contribution in [1.29, 1.82) is 0 Å². The highest BCUT2D eigenvalue weighted by atomic mass is 16.3. The van der Waals surface area contributed by atoms with Gasteiger partial charge in [0.25, 0.3) is 0 Å². The minimum absolute atomic E-state index is 0.322. The Morgan fingerprint density at radius 2 is 1.38 bits per heavy atom. The van der Waals surface area contributed by atoms with Gasteiger partial charge in [-0.1, -0.05) is 30.3 Å². The van der Waals surface area contributed by atoms with E-state index in [2.05, 4.69) is 0 Å². The van der Waals surface area contributed by atoms with Gasteiger partial charge < -0.3 is 10.2 Å². The molecule has 2 nitrogen and oxygen atoms in total. The molecule has 84 valence electrons. The van der Waals surface area contributed by atoms with E-state index in [1.165, 1.54) is 0 Å². The van der Waals surface area contributed by atoms with Crippen LogP contribution in [-0.2, 0) is 0 Å². The van der Waals surface area contributed by atoms with Crippen LogP contribution in [0.4, 0.5) is 0 Å². The van der Waals surface area contributed by atoms with Gasteiger partial charge in [0.15, 0.2) is 0 Å². The fourth-order valence-corrected chi connectivity index (χ4v) is 1.16. The monoisotopic (exact) mass is 216 g/mol. The first-order valence-corrected chi connectivity index (χ1v) is 5.10. The summed E-state index contributed by atoms with van der Waals surface area (Å²) in [7, 11) is 0. The maximum atomic E-state index is 9.10. The molecule has 0 saturated heterocycles. The Morgan fingerprint density at radius 3 is 1.75 bits per heavy atom. The van der Waals surface area contributed by atoms with Gasteiger partial charge in [0, 0.05) is 0 Å². The lowest BCUT2D eigenvalue weighted by Gasteiger charge is -1.99. The number of aryl methyl sites for hydroxylation is 1. The van der Waals surface area contributed by atoms with E-state index in [-0.39, 0.29) is 0 Å². The molecular weight excluding hydrogens is 200 g/mol. The Bertz CT molecular complexity index is 415. The van der Waals surface area contributed by atoms with E-state index in [1.54, 1.807) is 30.3 Å². The van der Waals surface area contributed by atoms with E-state index in [9.17, 15) is 0 Å². The van der Waals surface area contributed by atoms with Crippen LogP contribution in [0.3, 0.4) is 0 Å². The minimum Gasteiger partial charge on any atom is -0.508 e. The standard InChI is InChI=1S/C8H10O.C6H6O/c1-6-4-3-5-8(9)7(6)2;7-6-4-2-1-3-5-6/h3-5,9H,1-2H3;1-5,7H. The minimum atomic E-state index is 0.322. The molecule has 0 radical (unpaired) electrons. The lowest BCUT2D eigenvalue weighted by Crippen LogP contribution is -1.78. The number of rotatable bonds is 0. The zero-order valence-electron chi connectivity index (χ0n) is 9.51. The molecule has 0 saturated carbocycles. The van der Waals surface area contributed by atoms with Crippen LogP contribution >= 0.6 is 0 Å². The molecule has 0 heterocycles. The van der Waals surface area contributed by atoms with E-state index in [4.69, 9.17) is 10.2 Å². The predicted molar refractivity (Wildman–Crippen MR) is 65.7 cm³/mol. The molecule has 0 amide bonds. The summed E-state index contributed by atoms with van der Waals surface area (Å²) in [5.74, 6) is 0.706. The molecule has 16 heavy (non-hydrogen) atoms. The number of aromatic hydroxyl groups is 2. The first-order chi connectivity index (χ1) is 7.61. The van der Waals surface area contributed by atoms with Gasteiger partial charge in [-0.25, -0.2) is 0 Å². The van der Waals surface area contributed by atoms with Gasteiger partial charge in [0.1, 0.15) is 11.5 Å². The molecule has 0 unspecified atom stereocenters. The third-order valence-corrected chi connectivity index (χ3v) is 2.33. The van der Waals surface area contributed by atoms with Crippen molar-refractivity contribution in [3.05, 3.63) is 59.7 Å². The first kappa shape index (κ1) is 12.1. The number of phenols is 2. The topological polar surface area (TPSA) is 40.5 Å². The van der Waals surface area contributed by atoms with Crippen LogP contribution in [0.15, 0.2) is 48.5 Å². The zero-order valence-corrected chi connectivity index (χ0v) is 9.51. The Morgan fingerprint density at radius 1 is 0.750 bits per heavy atom. The lowest BCUT2D eigenvalue weighted by atomic mass is 10.1. The fourth-order valence-electron chi connectivity index (χ4n) is 1.16. The summed E-state index contributed by atoms with van der Waals surface area (Å²) in [6, 6.07) is 14.2. The van der Waals surface area contributed by atoms with Crippen molar-refractivity contribution in [3.8, 4) is 11.5 Å². The number of hydrogen-bond acceptors (Lipinski definition) is 2. The molecule has 0 fully saturated rings. The van der Waals surface area contributed by atoms with Crippen molar-refractivity contribution in [1.82, 2.24) is 0 Å². The molecular formula is C14H16O2. The van der Waals surface area contributed by atoms with E-state index >= 15 is 0 Å². The maximum Gasteiger partial charge on any atom is 0.118 e. The van der Waals surface area contributed by atoms with Gasteiger partial charge in [-0.3, -0.25) is 0 Å². The number of phenolic OH excluding ortho intramolecular Hbond substituents is 2. The Balaban J connectivity index is 0.000000165. The van der Waals surface area contributed by atoms with E-state index in [0.29, 0.717) is 11.5 Å². The van der Waals surface area contributed by atoms with Crippen molar-refractivity contribution in [2.24, 2.45) is 0 Å². The van der Waals surface area contributed by atoms with Crippen LogP contribution in [0.5, 0.6) is 11.5 Å². The smallest absolute Gasteiger partial charge is 0.118 e. The molecule has 0 aromatic heterocycles. The molecule has 2 rings (SSSR count). The summed E-state index contributed by atoms with van der Waals surface area (Å²) in [6.07, 6.45) is 0. The average Bonchev–Trinajstić information content (AvgIpc) is 2.28. The Labute approximate surface area is 95.8 Å². The molecule has 0 atom stereocenters. The molecule has 2 aromatic carbocycles. The summed E-state index contributed by atoms with van der Waals surface area (Å²) in [4.78, 5) is 0. The largest absolute Gasteiger partial charge is 0.508 e. The van der Waals surface area contributed by atoms with Crippen molar-refractivity contribution in [2.75, 3.05) is 0 Å². The molecule has 0 aliphatic carbocycles. The van der Waals surface area contributed by atoms with Crippen LogP contribution in [0, 0.1) is 13.8 Å². The number of benzene rings is 2. The maximum absolute atomic E-state index is 9.10. The summed E-state index contributed by atoms with van der Waals surface area (Å²) in [5, 5.41) is 17.7. The van der Waals surface area contributed by atoms with Crippen LogP contribution in [0.1, 0.15) is 11.1 Å². The van der Waals surface area contributed by atoms with Gasteiger partial charge in [-0.15, -0.1) is 0 Å². The second-order valence-electron chi connectivity index (χ2n) is 3.55. The van der Waals surface area contributed by atoms with Crippen LogP contribution in [0.2, 0.25) is 0 Å². The van der Waals surface area contributed by atoms with Crippen LogP contribution < -0.4 is 0 Å². The molecule has 0 aliphatic rings. The Hall–Kier alpha value is -1.96. The molecule has 0 aliphatic heterocycles. The molecule has 0 bridgehead atoms. The van der Waals surface area contributed by atoms with Crippen molar-refractivity contribution in [3.63, 3.8) is 0 Å². The number of para-hydroxylation sites is 1. The molecule has 0 spiro atoms. The first-order valence-electron chi connectivity index (χ1n) is 5.10. The van der Waals surface area contributed by atoms with Crippen LogP contribution in [0.25, 0.3) is 0 Å². The third kappa shape index (κ3) is 3.65. The van der Waals surface area contributed by atoms with Gasteiger partial charge in [-0.2, -0.15) is 0 Å². The summed E-state index contributed by atoms with van der Waals surface area (Å²) in [6.45, 7) is 3.89. The van der Waals surface area contributed by atoms with Crippen molar-refractivity contribution < 1.29 is 10.2 Å². The normalized spacial score (nSPS) is 9.12. The SMILES string of the molecule is Cc1cccc(O)c1C.Oc1ccccc1. The molecule has 2 aromatic rings. The van der Waals surface area contributed by atoms with E-state index in [0.717, 1.165) is 11.1 Å². The van der Waals surface area contributed by atoms with Crippen molar-refractivity contribution >= 4 is 0 Å². The summed E-state index contributed by atoms with van der Waals surface area (Å²) < 4.78 is 0. The van der Waals surface area contributed by atoms with E-state index in [1.807, 2.05) is 32.0 Å². The number of hydrogen-bond donors (Lipinski definition) is 2. The predicted octanol–water partition coefficient (Wildman–Crippen LogP) is 3.40. The molecule has 2 N–H and O–H groups in total. The lowest BCUT2D eigenvalue weighted by molar-refractivity contribution is 0.470. The van der Waals surface area contributed by atoms with Gasteiger partial charge in [0.2, 0.25) is 0 Å². The Kier molecular flexibility index (Phi) is 4.40. The second-order valence-corrected chi connectivity index (χ2v) is 3.55. The van der Waals surface area contributed by atoms with Gasteiger partial charge >= 0.3 is 0 Å². The highest BCUT2D eigenvalue weighted by Crippen LogP contribution is 2.17. The highest BCUT2D eigenvalue weighted by Gasteiger charge is 1.94. The van der Waals surface area contributed by atoms with E-state index < -0.39 is 0 Å². The average molecular weight is 216 g/mol. The summed E-state index contributed by atoms with van der Waals surface area (Å²) >= 11 is 0. The van der Waals surface area contributed by atoms with Gasteiger partial charge in [-0.05, 0) is 43.2 Å². The van der Waals surface area contributed by atoms with Crippen LogP contribution in [-0.4, -0.2) is 10.2 Å². The quantitative estimate of drug-likeness (QED) is 0.708.